The molecule has 0 atom stereocenters. The highest BCUT2D eigenvalue weighted by molar-refractivity contribution is 9.11. The van der Waals surface area contributed by atoms with Crippen LogP contribution in [-0.4, -0.2) is 48.3 Å². The summed E-state index contributed by atoms with van der Waals surface area (Å²) in [6.45, 7) is 3.98. The molecule has 1 heterocycles. The van der Waals surface area contributed by atoms with E-state index >= 15 is 0 Å². The number of nitrogens with zero attached hydrogens (tertiary/aromatic N) is 2. The topological polar surface area (TPSA) is 40.6 Å². The molecule has 2 amide bonds. The average molecular weight is 333 g/mol. The van der Waals surface area contributed by atoms with Gasteiger partial charge in [-0.3, -0.25) is 9.59 Å². The fourth-order valence-corrected chi connectivity index (χ4v) is 2.67. The van der Waals surface area contributed by atoms with E-state index in [9.17, 15) is 9.59 Å². The van der Waals surface area contributed by atoms with E-state index in [2.05, 4.69) is 15.9 Å². The Kier molecular flexibility index (Phi) is 5.34. The van der Waals surface area contributed by atoms with Crippen LogP contribution >= 0.6 is 27.3 Å². The maximum Gasteiger partial charge on any atom is 0.264 e. The number of hydrogen-bond donors (Lipinski definition) is 0. The zero-order valence-corrected chi connectivity index (χ0v) is 13.3. The van der Waals surface area contributed by atoms with Crippen LogP contribution in [0, 0.1) is 0 Å². The van der Waals surface area contributed by atoms with Crippen molar-refractivity contribution in [3.05, 3.63) is 20.8 Å². The maximum absolute atomic E-state index is 12.0. The molecule has 0 saturated carbocycles. The Morgan fingerprint density at radius 3 is 2.39 bits per heavy atom. The molecular weight excluding hydrogens is 316 g/mol. The van der Waals surface area contributed by atoms with Gasteiger partial charge in [-0.15, -0.1) is 11.3 Å². The van der Waals surface area contributed by atoms with Crippen molar-refractivity contribution in [2.24, 2.45) is 0 Å². The first kappa shape index (κ1) is 15.2. The van der Waals surface area contributed by atoms with Gasteiger partial charge in [-0.1, -0.05) is 0 Å². The lowest BCUT2D eigenvalue weighted by molar-refractivity contribution is -0.131. The van der Waals surface area contributed by atoms with E-state index in [4.69, 9.17) is 0 Å². The van der Waals surface area contributed by atoms with E-state index < -0.39 is 0 Å². The summed E-state index contributed by atoms with van der Waals surface area (Å²) in [5.74, 6) is -0.187. The third kappa shape index (κ3) is 3.81. The zero-order chi connectivity index (χ0) is 13.9. The van der Waals surface area contributed by atoms with Crippen LogP contribution in [0.5, 0.6) is 0 Å². The molecule has 4 nitrogen and oxygen atoms in total. The molecule has 0 N–H and O–H groups in total. The standard InChI is InChI=1S/C12H17BrN2O2S/c1-8(2)15(4)11(16)7-14(3)12(17)9-5-6-10(13)18-9/h5-6,8H,7H2,1-4H3. The molecule has 6 heteroatoms. The third-order valence-electron chi connectivity index (χ3n) is 2.67. The molecule has 0 spiro atoms. The van der Waals surface area contributed by atoms with Gasteiger partial charge in [0, 0.05) is 20.1 Å². The van der Waals surface area contributed by atoms with Crippen LogP contribution in [0.1, 0.15) is 23.5 Å². The molecule has 0 aliphatic rings. The summed E-state index contributed by atoms with van der Waals surface area (Å²) in [6, 6.07) is 3.72. The van der Waals surface area contributed by atoms with Gasteiger partial charge in [-0.2, -0.15) is 0 Å². The number of halogens is 1. The summed E-state index contributed by atoms with van der Waals surface area (Å²) < 4.78 is 0.907. The first-order valence-corrected chi connectivity index (χ1v) is 7.20. The third-order valence-corrected chi connectivity index (χ3v) is 4.28. The van der Waals surface area contributed by atoms with Crippen molar-refractivity contribution in [1.29, 1.82) is 0 Å². The molecule has 0 aliphatic carbocycles. The fourth-order valence-electron chi connectivity index (χ4n) is 1.29. The molecule has 0 bridgehead atoms. The lowest BCUT2D eigenvalue weighted by Gasteiger charge is -2.24. The van der Waals surface area contributed by atoms with Crippen molar-refractivity contribution in [3.8, 4) is 0 Å². The van der Waals surface area contributed by atoms with Crippen LogP contribution in [0.15, 0.2) is 15.9 Å². The minimum atomic E-state index is -0.129. The summed E-state index contributed by atoms with van der Waals surface area (Å²) >= 11 is 4.68. The Hall–Kier alpha value is -0.880. The van der Waals surface area contributed by atoms with E-state index in [1.54, 1.807) is 25.1 Å². The van der Waals surface area contributed by atoms with E-state index in [0.717, 1.165) is 3.79 Å². The van der Waals surface area contributed by atoms with Gasteiger partial charge in [0.1, 0.15) is 0 Å². The Morgan fingerprint density at radius 1 is 1.33 bits per heavy atom. The monoisotopic (exact) mass is 332 g/mol. The van der Waals surface area contributed by atoms with Crippen molar-refractivity contribution >= 4 is 39.1 Å². The Morgan fingerprint density at radius 2 is 1.94 bits per heavy atom. The number of hydrogen-bond acceptors (Lipinski definition) is 3. The summed E-state index contributed by atoms with van der Waals surface area (Å²) in [4.78, 5) is 27.6. The second kappa shape index (κ2) is 6.33. The van der Waals surface area contributed by atoms with Gasteiger partial charge in [-0.25, -0.2) is 0 Å². The molecule has 0 saturated heterocycles. The van der Waals surface area contributed by atoms with E-state index in [-0.39, 0.29) is 24.4 Å². The first-order valence-electron chi connectivity index (χ1n) is 5.59. The number of carbonyl (C=O) groups excluding carboxylic acids is 2. The summed E-state index contributed by atoms with van der Waals surface area (Å²) in [7, 11) is 3.38. The highest BCUT2D eigenvalue weighted by Gasteiger charge is 2.19. The molecule has 1 aromatic rings. The van der Waals surface area contributed by atoms with E-state index in [1.807, 2.05) is 19.9 Å². The minimum Gasteiger partial charge on any atom is -0.342 e. The SMILES string of the molecule is CC(C)N(C)C(=O)CN(C)C(=O)c1ccc(Br)s1. The van der Waals surface area contributed by atoms with Crippen LogP contribution in [0.2, 0.25) is 0 Å². The molecular formula is C12H17BrN2O2S. The van der Waals surface area contributed by atoms with Crippen molar-refractivity contribution < 1.29 is 9.59 Å². The molecule has 0 radical (unpaired) electrons. The molecule has 100 valence electrons. The molecule has 1 aromatic heterocycles. The van der Waals surface area contributed by atoms with Crippen LogP contribution in [0.3, 0.4) is 0 Å². The second-order valence-electron chi connectivity index (χ2n) is 4.36. The molecule has 0 unspecified atom stereocenters. The van der Waals surface area contributed by atoms with E-state index in [0.29, 0.717) is 4.88 Å². The maximum atomic E-state index is 12.0. The largest absolute Gasteiger partial charge is 0.342 e. The zero-order valence-electron chi connectivity index (χ0n) is 10.9. The summed E-state index contributed by atoms with van der Waals surface area (Å²) in [5.41, 5.74) is 0. The normalized spacial score (nSPS) is 10.6. The van der Waals surface area contributed by atoms with Gasteiger partial charge in [0.05, 0.1) is 15.2 Å². The predicted octanol–water partition coefficient (Wildman–Crippen LogP) is 2.45. The predicted molar refractivity (Wildman–Crippen MR) is 76.9 cm³/mol. The number of rotatable bonds is 4. The lowest BCUT2D eigenvalue weighted by atomic mass is 10.3. The number of thiophene rings is 1. The van der Waals surface area contributed by atoms with Gasteiger partial charge < -0.3 is 9.80 Å². The molecule has 1 rings (SSSR count). The van der Waals surface area contributed by atoms with Gasteiger partial charge in [-0.05, 0) is 41.9 Å². The van der Waals surface area contributed by atoms with Crippen LogP contribution < -0.4 is 0 Å². The Labute approximate surface area is 120 Å². The average Bonchev–Trinajstić information content (AvgIpc) is 2.73. The first-order chi connectivity index (χ1) is 8.32. The summed E-state index contributed by atoms with van der Waals surface area (Å²) in [5, 5.41) is 0. The molecule has 18 heavy (non-hydrogen) atoms. The smallest absolute Gasteiger partial charge is 0.264 e. The fraction of sp³-hybridized carbons (Fsp3) is 0.500. The lowest BCUT2D eigenvalue weighted by Crippen LogP contribution is -2.41. The number of likely N-dealkylation sites (N-methyl/N-ethyl adjacent to an activating group) is 2. The van der Waals surface area contributed by atoms with Crippen molar-refractivity contribution in [2.75, 3.05) is 20.6 Å². The molecule has 0 aliphatic heterocycles. The second-order valence-corrected chi connectivity index (χ2v) is 6.83. The van der Waals surface area contributed by atoms with E-state index in [1.165, 1.54) is 16.2 Å². The molecule has 0 aromatic carbocycles. The highest BCUT2D eigenvalue weighted by atomic mass is 79.9. The van der Waals surface area contributed by atoms with Crippen LogP contribution in [0.25, 0.3) is 0 Å². The van der Waals surface area contributed by atoms with Gasteiger partial charge in [0.25, 0.3) is 5.91 Å². The van der Waals surface area contributed by atoms with Crippen molar-refractivity contribution in [2.45, 2.75) is 19.9 Å². The number of amides is 2. The summed E-state index contributed by atoms with van der Waals surface area (Å²) in [6.07, 6.45) is 0. The Bertz CT molecular complexity index is 445. The Balaban J connectivity index is 2.63. The van der Waals surface area contributed by atoms with Gasteiger partial charge in [0.2, 0.25) is 5.91 Å². The minimum absolute atomic E-state index is 0.0588. The highest BCUT2D eigenvalue weighted by Crippen LogP contribution is 2.22. The van der Waals surface area contributed by atoms with Crippen LogP contribution in [-0.2, 0) is 4.79 Å². The molecule has 0 fully saturated rings. The van der Waals surface area contributed by atoms with Gasteiger partial charge >= 0.3 is 0 Å². The van der Waals surface area contributed by atoms with Crippen molar-refractivity contribution in [3.63, 3.8) is 0 Å². The van der Waals surface area contributed by atoms with Crippen molar-refractivity contribution in [1.82, 2.24) is 9.80 Å². The van der Waals surface area contributed by atoms with Crippen LogP contribution in [0.4, 0.5) is 0 Å². The quantitative estimate of drug-likeness (QED) is 0.849. The van der Waals surface area contributed by atoms with Gasteiger partial charge in [0.15, 0.2) is 0 Å². The number of carbonyl (C=O) groups is 2.